The number of nitrogens with one attached hydrogen (secondary N) is 1. The van der Waals surface area contributed by atoms with E-state index in [0.29, 0.717) is 13.1 Å². The van der Waals surface area contributed by atoms with Gasteiger partial charge in [-0.25, -0.2) is 0 Å². The number of carbonyl (C=O) groups is 1. The summed E-state index contributed by atoms with van der Waals surface area (Å²) in [6, 6.07) is 6.01. The van der Waals surface area contributed by atoms with E-state index < -0.39 is 0 Å². The highest BCUT2D eigenvalue weighted by molar-refractivity contribution is 9.10. The predicted octanol–water partition coefficient (Wildman–Crippen LogP) is 1.23. The summed E-state index contributed by atoms with van der Waals surface area (Å²) in [5.74, 6) is 0.0745. The molecule has 0 unspecified atom stereocenters. The predicted molar refractivity (Wildman–Crippen MR) is 71.9 cm³/mol. The second kappa shape index (κ2) is 5.51. The van der Waals surface area contributed by atoms with Gasteiger partial charge < -0.3 is 16.0 Å². The molecule has 0 radical (unpaired) electrons. The van der Waals surface area contributed by atoms with Crippen LogP contribution in [0.1, 0.15) is 12.0 Å². The van der Waals surface area contributed by atoms with Crippen LogP contribution >= 0.6 is 15.9 Å². The molecule has 17 heavy (non-hydrogen) atoms. The van der Waals surface area contributed by atoms with Gasteiger partial charge in [-0.1, -0.05) is 22.0 Å². The van der Waals surface area contributed by atoms with Crippen LogP contribution in [0.2, 0.25) is 0 Å². The van der Waals surface area contributed by atoms with E-state index in [9.17, 15) is 4.79 Å². The van der Waals surface area contributed by atoms with Crippen molar-refractivity contribution in [1.82, 2.24) is 5.32 Å². The summed E-state index contributed by atoms with van der Waals surface area (Å²) >= 11 is 3.46. The molecule has 1 amide bonds. The Kier molecular flexibility index (Phi) is 4.02. The Bertz CT molecular complexity index is 422. The summed E-state index contributed by atoms with van der Waals surface area (Å²) in [4.78, 5) is 13.6. The van der Waals surface area contributed by atoms with Crippen molar-refractivity contribution in [3.05, 3.63) is 28.2 Å². The molecule has 92 valence electrons. The Hall–Kier alpha value is -1.07. The average Bonchev–Trinajstić information content (AvgIpc) is 2.54. The lowest BCUT2D eigenvalue weighted by atomic mass is 10.1. The zero-order chi connectivity index (χ0) is 12.3. The van der Waals surface area contributed by atoms with Gasteiger partial charge in [-0.15, -0.1) is 0 Å². The largest absolute Gasteiger partial charge is 0.362 e. The van der Waals surface area contributed by atoms with Crippen LogP contribution < -0.4 is 16.0 Å². The minimum atomic E-state index is 0.0745. The fourth-order valence-electron chi connectivity index (χ4n) is 2.02. The molecule has 1 aliphatic rings. The van der Waals surface area contributed by atoms with Crippen LogP contribution in [0.5, 0.6) is 0 Å². The van der Waals surface area contributed by atoms with Gasteiger partial charge in [0.2, 0.25) is 5.91 Å². The molecular formula is C12H16BrN3O. The minimum absolute atomic E-state index is 0.0745. The van der Waals surface area contributed by atoms with Crippen molar-refractivity contribution in [2.24, 2.45) is 5.73 Å². The van der Waals surface area contributed by atoms with Crippen LogP contribution in [0.4, 0.5) is 5.69 Å². The van der Waals surface area contributed by atoms with Gasteiger partial charge in [-0.3, -0.25) is 4.79 Å². The number of anilines is 1. The summed E-state index contributed by atoms with van der Waals surface area (Å²) in [5.41, 5.74) is 7.87. The molecule has 0 aliphatic carbocycles. The second-order valence-corrected chi connectivity index (χ2v) is 5.02. The smallest absolute Gasteiger partial charge is 0.239 e. The van der Waals surface area contributed by atoms with Crippen molar-refractivity contribution in [1.29, 1.82) is 0 Å². The van der Waals surface area contributed by atoms with Crippen LogP contribution in [0.25, 0.3) is 0 Å². The molecule has 1 saturated heterocycles. The van der Waals surface area contributed by atoms with Crippen molar-refractivity contribution in [3.8, 4) is 0 Å². The van der Waals surface area contributed by atoms with E-state index in [2.05, 4.69) is 26.1 Å². The highest BCUT2D eigenvalue weighted by Crippen LogP contribution is 2.25. The lowest BCUT2D eigenvalue weighted by Gasteiger charge is -2.24. The summed E-state index contributed by atoms with van der Waals surface area (Å²) in [7, 11) is 0. The topological polar surface area (TPSA) is 58.4 Å². The summed E-state index contributed by atoms with van der Waals surface area (Å²) in [5, 5.41) is 2.87. The van der Waals surface area contributed by atoms with Gasteiger partial charge in [0.25, 0.3) is 0 Å². The van der Waals surface area contributed by atoms with Gasteiger partial charge in [-0.2, -0.15) is 0 Å². The molecule has 4 nitrogen and oxygen atoms in total. The molecule has 0 atom stereocenters. The molecule has 5 heteroatoms. The Morgan fingerprint density at radius 1 is 1.47 bits per heavy atom. The molecule has 1 aliphatic heterocycles. The Labute approximate surface area is 109 Å². The fraction of sp³-hybridized carbons (Fsp3) is 0.417. The number of nitrogens with two attached hydrogens (primary N) is 1. The van der Waals surface area contributed by atoms with Crippen LogP contribution in [0.3, 0.4) is 0 Å². The van der Waals surface area contributed by atoms with Crippen molar-refractivity contribution >= 4 is 27.5 Å². The van der Waals surface area contributed by atoms with Crippen LogP contribution in [0, 0.1) is 0 Å². The first-order chi connectivity index (χ1) is 8.20. The van der Waals surface area contributed by atoms with Crippen molar-refractivity contribution in [2.45, 2.75) is 13.0 Å². The van der Waals surface area contributed by atoms with E-state index in [0.717, 1.165) is 35.2 Å². The second-order valence-electron chi connectivity index (χ2n) is 4.10. The molecule has 3 N–H and O–H groups in total. The number of hydrogen-bond donors (Lipinski definition) is 2. The number of hydrogen-bond acceptors (Lipinski definition) is 3. The molecule has 1 aromatic rings. The standard InChI is InChI=1S/C12H16BrN3O/c13-10-3-2-9(7-14)11(6-10)16-5-1-4-15-12(17)8-16/h2-3,6H,1,4-5,7-8,14H2,(H,15,17). The van der Waals surface area contributed by atoms with E-state index in [-0.39, 0.29) is 5.91 Å². The molecule has 0 aromatic heterocycles. The summed E-state index contributed by atoms with van der Waals surface area (Å²) in [6.07, 6.45) is 0.961. The average molecular weight is 298 g/mol. The summed E-state index contributed by atoms with van der Waals surface area (Å²) < 4.78 is 1.01. The molecule has 2 rings (SSSR count). The first-order valence-corrected chi connectivity index (χ1v) is 6.50. The third-order valence-corrected chi connectivity index (χ3v) is 3.36. The first kappa shape index (κ1) is 12.4. The van der Waals surface area contributed by atoms with E-state index in [1.165, 1.54) is 0 Å². The monoisotopic (exact) mass is 297 g/mol. The minimum Gasteiger partial charge on any atom is -0.362 e. The molecule has 1 heterocycles. The van der Waals surface area contributed by atoms with Gasteiger partial charge in [0, 0.05) is 29.8 Å². The van der Waals surface area contributed by atoms with E-state index in [4.69, 9.17) is 5.73 Å². The van der Waals surface area contributed by atoms with E-state index >= 15 is 0 Å². The normalized spacial score (nSPS) is 16.6. The highest BCUT2D eigenvalue weighted by Gasteiger charge is 2.17. The molecule has 0 bridgehead atoms. The maximum atomic E-state index is 11.6. The van der Waals surface area contributed by atoms with Gasteiger partial charge in [0.1, 0.15) is 0 Å². The molecule has 0 saturated carbocycles. The molecule has 0 spiro atoms. The number of amides is 1. The van der Waals surface area contributed by atoms with Gasteiger partial charge in [0.05, 0.1) is 6.54 Å². The SMILES string of the molecule is NCc1ccc(Br)cc1N1CCCNC(=O)C1. The highest BCUT2D eigenvalue weighted by atomic mass is 79.9. The first-order valence-electron chi connectivity index (χ1n) is 5.71. The lowest BCUT2D eigenvalue weighted by molar-refractivity contribution is -0.119. The fourth-order valence-corrected chi connectivity index (χ4v) is 2.36. The number of benzene rings is 1. The summed E-state index contributed by atoms with van der Waals surface area (Å²) in [6.45, 7) is 2.52. The van der Waals surface area contributed by atoms with Crippen LogP contribution in [-0.4, -0.2) is 25.5 Å². The van der Waals surface area contributed by atoms with Gasteiger partial charge >= 0.3 is 0 Å². The number of rotatable bonds is 2. The van der Waals surface area contributed by atoms with Crippen molar-refractivity contribution in [3.63, 3.8) is 0 Å². The van der Waals surface area contributed by atoms with Crippen molar-refractivity contribution < 1.29 is 4.79 Å². The van der Waals surface area contributed by atoms with Gasteiger partial charge in [-0.05, 0) is 24.1 Å². The molecule has 1 aromatic carbocycles. The van der Waals surface area contributed by atoms with Crippen LogP contribution in [0.15, 0.2) is 22.7 Å². The third kappa shape index (κ3) is 2.98. The van der Waals surface area contributed by atoms with Crippen LogP contribution in [-0.2, 0) is 11.3 Å². The van der Waals surface area contributed by atoms with Gasteiger partial charge in [0.15, 0.2) is 0 Å². The zero-order valence-electron chi connectivity index (χ0n) is 9.58. The molecular weight excluding hydrogens is 282 g/mol. The van der Waals surface area contributed by atoms with E-state index in [1.54, 1.807) is 0 Å². The number of halogens is 1. The number of nitrogens with zero attached hydrogens (tertiary/aromatic N) is 1. The third-order valence-electron chi connectivity index (χ3n) is 2.87. The maximum Gasteiger partial charge on any atom is 0.239 e. The number of carbonyl (C=O) groups excluding carboxylic acids is 1. The maximum absolute atomic E-state index is 11.6. The molecule has 1 fully saturated rings. The quantitative estimate of drug-likeness (QED) is 0.863. The lowest BCUT2D eigenvalue weighted by Crippen LogP contribution is -2.33. The Morgan fingerprint density at radius 2 is 2.29 bits per heavy atom. The zero-order valence-corrected chi connectivity index (χ0v) is 11.2. The Balaban J connectivity index is 2.30. The Morgan fingerprint density at radius 3 is 3.06 bits per heavy atom. The van der Waals surface area contributed by atoms with E-state index in [1.807, 2.05) is 18.2 Å². The van der Waals surface area contributed by atoms with Crippen molar-refractivity contribution in [2.75, 3.05) is 24.5 Å².